The largest absolute Gasteiger partial charge is 0.236 e. The second kappa shape index (κ2) is 5.70. The van der Waals surface area contributed by atoms with E-state index in [1.807, 2.05) is 30.3 Å². The zero-order valence-corrected chi connectivity index (χ0v) is 14.1. The van der Waals surface area contributed by atoms with Crippen molar-refractivity contribution in [1.29, 1.82) is 0 Å². The van der Waals surface area contributed by atoms with Gasteiger partial charge in [-0.25, -0.2) is 9.37 Å². The summed E-state index contributed by atoms with van der Waals surface area (Å²) in [6.07, 6.45) is 0. The van der Waals surface area contributed by atoms with Crippen LogP contribution in [0.15, 0.2) is 46.9 Å². The Morgan fingerprint density at radius 1 is 1.10 bits per heavy atom. The second-order valence-corrected chi connectivity index (χ2v) is 6.93. The highest BCUT2D eigenvalue weighted by Gasteiger charge is 2.13. The van der Waals surface area contributed by atoms with Crippen molar-refractivity contribution >= 4 is 27.3 Å². The van der Waals surface area contributed by atoms with Crippen LogP contribution in [-0.2, 0) is 0 Å². The third kappa shape index (κ3) is 2.78. The van der Waals surface area contributed by atoms with Gasteiger partial charge in [-0.15, -0.1) is 11.3 Å². The van der Waals surface area contributed by atoms with Gasteiger partial charge in [0.25, 0.3) is 0 Å². The molecule has 0 saturated carbocycles. The number of benzene rings is 2. The molecule has 0 spiro atoms. The van der Waals surface area contributed by atoms with Crippen molar-refractivity contribution in [3.63, 3.8) is 0 Å². The number of halogens is 2. The first kappa shape index (κ1) is 14.4. The second-order valence-electron chi connectivity index (χ2n) is 4.87. The number of rotatable bonds is 2. The third-order valence-electron chi connectivity index (χ3n) is 3.33. The Balaban J connectivity index is 2.09. The van der Waals surface area contributed by atoms with Gasteiger partial charge < -0.3 is 0 Å². The number of aryl methyl sites for hydroxylation is 2. The van der Waals surface area contributed by atoms with Gasteiger partial charge in [0.15, 0.2) is 0 Å². The normalized spacial score (nSPS) is 10.9. The number of aromatic nitrogens is 1. The third-order valence-corrected chi connectivity index (χ3v) is 5.04. The van der Waals surface area contributed by atoms with Crippen molar-refractivity contribution in [3.05, 3.63) is 63.2 Å². The lowest BCUT2D eigenvalue weighted by atomic mass is 10.1. The molecule has 0 amide bonds. The van der Waals surface area contributed by atoms with E-state index in [1.54, 1.807) is 24.3 Å². The maximum absolute atomic E-state index is 13.4. The summed E-state index contributed by atoms with van der Waals surface area (Å²) in [4.78, 5) is 5.90. The Morgan fingerprint density at radius 2 is 1.86 bits per heavy atom. The van der Waals surface area contributed by atoms with Gasteiger partial charge >= 0.3 is 0 Å². The number of hydrogen-bond acceptors (Lipinski definition) is 2. The van der Waals surface area contributed by atoms with Gasteiger partial charge in [-0.3, -0.25) is 0 Å². The molecule has 21 heavy (non-hydrogen) atoms. The lowest BCUT2D eigenvalue weighted by Crippen LogP contribution is -1.85. The predicted molar refractivity (Wildman–Crippen MR) is 90.1 cm³/mol. The summed E-state index contributed by atoms with van der Waals surface area (Å²) < 4.78 is 14.4. The number of hydrogen-bond donors (Lipinski definition) is 0. The summed E-state index contributed by atoms with van der Waals surface area (Å²) in [5.74, 6) is -0.182. The summed E-state index contributed by atoms with van der Waals surface area (Å²) in [6, 6.07) is 13.2. The van der Waals surface area contributed by atoms with E-state index in [0.29, 0.717) is 5.56 Å². The van der Waals surface area contributed by atoms with Gasteiger partial charge in [0, 0.05) is 20.5 Å². The number of thiazole rings is 1. The lowest BCUT2D eigenvalue weighted by molar-refractivity contribution is 0.619. The molecule has 0 N–H and O–H groups in total. The van der Waals surface area contributed by atoms with Crippen LogP contribution in [0, 0.1) is 19.7 Å². The van der Waals surface area contributed by atoms with E-state index in [-0.39, 0.29) is 5.82 Å². The van der Waals surface area contributed by atoms with Crippen LogP contribution in [0.1, 0.15) is 10.4 Å². The SMILES string of the molecule is Cc1cc(-c2nc(-c3ccccc3Br)c(C)s2)ccc1F. The maximum Gasteiger partial charge on any atom is 0.126 e. The summed E-state index contributed by atoms with van der Waals surface area (Å²) >= 11 is 5.20. The standard InChI is InChI=1S/C17H13BrFNS/c1-10-9-12(7-8-15(10)19)17-20-16(11(2)21-17)13-5-3-4-6-14(13)18/h3-9H,1-2H3. The van der Waals surface area contributed by atoms with E-state index in [0.717, 1.165) is 31.2 Å². The fourth-order valence-electron chi connectivity index (χ4n) is 2.20. The molecule has 0 aliphatic carbocycles. The Kier molecular flexibility index (Phi) is 3.91. The van der Waals surface area contributed by atoms with E-state index in [4.69, 9.17) is 4.98 Å². The summed E-state index contributed by atoms with van der Waals surface area (Å²) in [5.41, 5.74) is 3.66. The molecule has 0 fully saturated rings. The molecule has 0 saturated heterocycles. The molecule has 2 aromatic carbocycles. The molecule has 1 aromatic heterocycles. The maximum atomic E-state index is 13.4. The first-order chi connectivity index (χ1) is 10.1. The zero-order chi connectivity index (χ0) is 15.0. The van der Waals surface area contributed by atoms with E-state index in [9.17, 15) is 4.39 Å². The fourth-order valence-corrected chi connectivity index (χ4v) is 3.60. The number of nitrogens with zero attached hydrogens (tertiary/aromatic N) is 1. The smallest absolute Gasteiger partial charge is 0.126 e. The minimum absolute atomic E-state index is 0.182. The average Bonchev–Trinajstić information content (AvgIpc) is 2.84. The van der Waals surface area contributed by atoms with Gasteiger partial charge in [-0.2, -0.15) is 0 Å². The topological polar surface area (TPSA) is 12.9 Å². The molecule has 0 bridgehead atoms. The highest BCUT2D eigenvalue weighted by atomic mass is 79.9. The monoisotopic (exact) mass is 361 g/mol. The van der Waals surface area contributed by atoms with Crippen LogP contribution in [0.2, 0.25) is 0 Å². The molecular weight excluding hydrogens is 349 g/mol. The van der Waals surface area contributed by atoms with Crippen LogP contribution in [-0.4, -0.2) is 4.98 Å². The Hall–Kier alpha value is -1.52. The van der Waals surface area contributed by atoms with Crippen molar-refractivity contribution in [2.75, 3.05) is 0 Å². The fraction of sp³-hybridized carbons (Fsp3) is 0.118. The molecule has 1 nitrogen and oxygen atoms in total. The van der Waals surface area contributed by atoms with Crippen LogP contribution in [0.5, 0.6) is 0 Å². The quantitative estimate of drug-likeness (QED) is 0.545. The molecule has 0 radical (unpaired) electrons. The van der Waals surface area contributed by atoms with E-state index in [2.05, 4.69) is 22.9 Å². The highest BCUT2D eigenvalue weighted by molar-refractivity contribution is 9.10. The van der Waals surface area contributed by atoms with E-state index in [1.165, 1.54) is 6.07 Å². The van der Waals surface area contributed by atoms with E-state index < -0.39 is 0 Å². The molecule has 1 heterocycles. The van der Waals surface area contributed by atoms with Gasteiger partial charge in [0.2, 0.25) is 0 Å². The van der Waals surface area contributed by atoms with Gasteiger partial charge in [-0.1, -0.05) is 34.1 Å². The van der Waals surface area contributed by atoms with Crippen LogP contribution in [0.3, 0.4) is 0 Å². The molecule has 4 heteroatoms. The summed E-state index contributed by atoms with van der Waals surface area (Å²) in [7, 11) is 0. The average molecular weight is 362 g/mol. The first-order valence-electron chi connectivity index (χ1n) is 6.55. The van der Waals surface area contributed by atoms with Crippen molar-refractivity contribution in [2.45, 2.75) is 13.8 Å². The van der Waals surface area contributed by atoms with E-state index >= 15 is 0 Å². The van der Waals surface area contributed by atoms with Crippen LogP contribution in [0.25, 0.3) is 21.8 Å². The Bertz CT molecular complexity index is 810. The zero-order valence-electron chi connectivity index (χ0n) is 11.7. The van der Waals surface area contributed by atoms with Crippen LogP contribution >= 0.6 is 27.3 Å². The Labute approximate surface area is 135 Å². The van der Waals surface area contributed by atoms with Crippen LogP contribution < -0.4 is 0 Å². The van der Waals surface area contributed by atoms with Crippen molar-refractivity contribution in [1.82, 2.24) is 4.98 Å². The molecule has 3 aromatic rings. The lowest BCUT2D eigenvalue weighted by Gasteiger charge is -2.02. The van der Waals surface area contributed by atoms with Crippen molar-refractivity contribution < 1.29 is 4.39 Å². The van der Waals surface area contributed by atoms with Gasteiger partial charge in [0.05, 0.1) is 5.69 Å². The minimum atomic E-state index is -0.182. The summed E-state index contributed by atoms with van der Waals surface area (Å²) in [5, 5.41) is 0.918. The molecule has 0 aliphatic rings. The molecular formula is C17H13BrFNS. The van der Waals surface area contributed by atoms with Gasteiger partial charge in [0.1, 0.15) is 10.8 Å². The predicted octanol–water partition coefficient (Wildman–Crippen LogP) is 6.00. The molecule has 3 rings (SSSR count). The molecule has 0 aliphatic heterocycles. The first-order valence-corrected chi connectivity index (χ1v) is 8.16. The summed E-state index contributed by atoms with van der Waals surface area (Å²) in [6.45, 7) is 3.83. The Morgan fingerprint density at radius 3 is 2.57 bits per heavy atom. The van der Waals surface area contributed by atoms with Crippen LogP contribution in [0.4, 0.5) is 4.39 Å². The molecule has 106 valence electrons. The van der Waals surface area contributed by atoms with Gasteiger partial charge in [-0.05, 0) is 43.7 Å². The highest BCUT2D eigenvalue weighted by Crippen LogP contribution is 2.36. The minimum Gasteiger partial charge on any atom is -0.236 e. The van der Waals surface area contributed by atoms with Crippen molar-refractivity contribution in [3.8, 4) is 21.8 Å². The molecule has 0 atom stereocenters. The van der Waals surface area contributed by atoms with Crippen molar-refractivity contribution in [2.24, 2.45) is 0 Å². The molecule has 0 unspecified atom stereocenters.